The molecule has 0 unspecified atom stereocenters. The molecule has 0 fully saturated rings. The van der Waals surface area contributed by atoms with E-state index >= 15 is 0 Å². The number of carbonyl (C=O) groups is 1. The number of carboxylic acids is 1. The van der Waals surface area contributed by atoms with Crippen LogP contribution in [0.15, 0.2) is 36.4 Å². The molecule has 2 rings (SSSR count). The van der Waals surface area contributed by atoms with Gasteiger partial charge in [-0.15, -0.1) is 0 Å². The molecule has 1 N–H and O–H groups in total. The summed E-state index contributed by atoms with van der Waals surface area (Å²) in [4.78, 5) is 11.1. The SMILES string of the molecule is CCCOc1ccc(-c2ccc(C(=O)O)c(C)c2)cc1C. The largest absolute Gasteiger partial charge is 0.493 e. The molecule has 0 aromatic heterocycles. The van der Waals surface area contributed by atoms with Crippen LogP contribution in [0.5, 0.6) is 5.75 Å². The minimum Gasteiger partial charge on any atom is -0.493 e. The molecule has 0 heterocycles. The average molecular weight is 284 g/mol. The van der Waals surface area contributed by atoms with Gasteiger partial charge in [-0.25, -0.2) is 4.79 Å². The van der Waals surface area contributed by atoms with E-state index in [0.717, 1.165) is 34.4 Å². The molecule has 2 aromatic carbocycles. The second-order valence-electron chi connectivity index (χ2n) is 5.16. The number of hydrogen-bond acceptors (Lipinski definition) is 2. The molecule has 0 radical (unpaired) electrons. The van der Waals surface area contributed by atoms with Crippen LogP contribution in [0.2, 0.25) is 0 Å². The Kier molecular flexibility index (Phi) is 4.63. The van der Waals surface area contributed by atoms with Gasteiger partial charge in [-0.1, -0.05) is 25.1 Å². The van der Waals surface area contributed by atoms with Gasteiger partial charge >= 0.3 is 5.97 Å². The number of aromatic carboxylic acids is 1. The van der Waals surface area contributed by atoms with Crippen LogP contribution in [-0.4, -0.2) is 17.7 Å². The second-order valence-corrected chi connectivity index (χ2v) is 5.16. The summed E-state index contributed by atoms with van der Waals surface area (Å²) in [5, 5.41) is 9.07. The number of rotatable bonds is 5. The Balaban J connectivity index is 2.32. The molecule has 0 saturated carbocycles. The predicted molar refractivity (Wildman–Crippen MR) is 84.1 cm³/mol. The monoisotopic (exact) mass is 284 g/mol. The molecule has 21 heavy (non-hydrogen) atoms. The van der Waals surface area contributed by atoms with Crippen molar-refractivity contribution in [2.75, 3.05) is 6.61 Å². The molecule has 0 aliphatic carbocycles. The van der Waals surface area contributed by atoms with Gasteiger partial charge in [-0.2, -0.15) is 0 Å². The van der Waals surface area contributed by atoms with E-state index in [1.165, 1.54) is 0 Å². The van der Waals surface area contributed by atoms with Crippen LogP contribution in [0.1, 0.15) is 34.8 Å². The number of ether oxygens (including phenoxy) is 1. The summed E-state index contributed by atoms with van der Waals surface area (Å²) in [5.74, 6) is 0.0121. The fraction of sp³-hybridized carbons (Fsp3) is 0.278. The maximum absolute atomic E-state index is 11.1. The molecule has 0 bridgehead atoms. The van der Waals surface area contributed by atoms with Gasteiger partial charge in [-0.05, 0) is 60.7 Å². The van der Waals surface area contributed by atoms with E-state index in [1.807, 2.05) is 38.1 Å². The van der Waals surface area contributed by atoms with Gasteiger partial charge in [0.25, 0.3) is 0 Å². The van der Waals surface area contributed by atoms with Crippen molar-refractivity contribution >= 4 is 5.97 Å². The van der Waals surface area contributed by atoms with Crippen molar-refractivity contribution in [3.8, 4) is 16.9 Å². The molecule has 0 aliphatic rings. The lowest BCUT2D eigenvalue weighted by molar-refractivity contribution is 0.0696. The van der Waals surface area contributed by atoms with Gasteiger partial charge in [0.05, 0.1) is 12.2 Å². The Bertz CT molecular complexity index is 660. The Morgan fingerprint density at radius 3 is 2.19 bits per heavy atom. The third-order valence-electron chi connectivity index (χ3n) is 3.43. The first-order valence-electron chi connectivity index (χ1n) is 7.10. The number of carboxylic acid groups (broad SMARTS) is 1. The topological polar surface area (TPSA) is 46.5 Å². The van der Waals surface area contributed by atoms with Crippen molar-refractivity contribution in [3.63, 3.8) is 0 Å². The Morgan fingerprint density at radius 1 is 1.05 bits per heavy atom. The fourth-order valence-electron chi connectivity index (χ4n) is 2.29. The van der Waals surface area contributed by atoms with Gasteiger partial charge < -0.3 is 9.84 Å². The van der Waals surface area contributed by atoms with E-state index in [9.17, 15) is 4.79 Å². The summed E-state index contributed by atoms with van der Waals surface area (Å²) >= 11 is 0. The van der Waals surface area contributed by atoms with Crippen LogP contribution in [-0.2, 0) is 0 Å². The van der Waals surface area contributed by atoms with E-state index in [1.54, 1.807) is 6.07 Å². The second kappa shape index (κ2) is 6.44. The minimum absolute atomic E-state index is 0.346. The van der Waals surface area contributed by atoms with E-state index in [-0.39, 0.29) is 0 Å². The number of hydrogen-bond donors (Lipinski definition) is 1. The zero-order valence-electron chi connectivity index (χ0n) is 12.6. The molecular weight excluding hydrogens is 264 g/mol. The van der Waals surface area contributed by atoms with E-state index < -0.39 is 5.97 Å². The highest BCUT2D eigenvalue weighted by molar-refractivity contribution is 5.90. The predicted octanol–water partition coefficient (Wildman–Crippen LogP) is 4.46. The van der Waals surface area contributed by atoms with Crippen LogP contribution in [0.3, 0.4) is 0 Å². The normalized spacial score (nSPS) is 10.4. The van der Waals surface area contributed by atoms with Crippen molar-refractivity contribution in [3.05, 3.63) is 53.1 Å². The van der Waals surface area contributed by atoms with Crippen molar-refractivity contribution in [2.45, 2.75) is 27.2 Å². The molecule has 0 aliphatic heterocycles. The molecule has 2 aromatic rings. The van der Waals surface area contributed by atoms with E-state index in [2.05, 4.69) is 13.0 Å². The van der Waals surface area contributed by atoms with Crippen LogP contribution in [0, 0.1) is 13.8 Å². The summed E-state index contributed by atoms with van der Waals surface area (Å²) in [5.41, 5.74) is 4.28. The first-order valence-corrected chi connectivity index (χ1v) is 7.10. The average Bonchev–Trinajstić information content (AvgIpc) is 2.45. The third kappa shape index (κ3) is 3.43. The highest BCUT2D eigenvalue weighted by atomic mass is 16.5. The summed E-state index contributed by atoms with van der Waals surface area (Å²) in [6, 6.07) is 11.5. The smallest absolute Gasteiger partial charge is 0.335 e. The molecular formula is C18H20O3. The Labute approximate surface area is 125 Å². The van der Waals surface area contributed by atoms with E-state index in [4.69, 9.17) is 9.84 Å². The fourth-order valence-corrected chi connectivity index (χ4v) is 2.29. The summed E-state index contributed by atoms with van der Waals surface area (Å²) in [6.45, 7) is 6.63. The van der Waals surface area contributed by atoms with Crippen LogP contribution in [0.25, 0.3) is 11.1 Å². The summed E-state index contributed by atoms with van der Waals surface area (Å²) < 4.78 is 5.67. The van der Waals surface area contributed by atoms with Gasteiger partial charge in [0.15, 0.2) is 0 Å². The zero-order chi connectivity index (χ0) is 15.4. The van der Waals surface area contributed by atoms with Gasteiger partial charge in [0.1, 0.15) is 5.75 Å². The van der Waals surface area contributed by atoms with Crippen molar-refractivity contribution in [1.29, 1.82) is 0 Å². The van der Waals surface area contributed by atoms with Crippen molar-refractivity contribution in [2.24, 2.45) is 0 Å². The first-order chi connectivity index (χ1) is 10.0. The van der Waals surface area contributed by atoms with Gasteiger partial charge in [-0.3, -0.25) is 0 Å². The lowest BCUT2D eigenvalue weighted by atomic mass is 9.98. The molecule has 0 spiro atoms. The van der Waals surface area contributed by atoms with Crippen molar-refractivity contribution < 1.29 is 14.6 Å². The first kappa shape index (κ1) is 15.1. The molecule has 0 saturated heterocycles. The quantitative estimate of drug-likeness (QED) is 0.881. The minimum atomic E-state index is -0.890. The molecule has 110 valence electrons. The molecule has 3 nitrogen and oxygen atoms in total. The molecule has 3 heteroatoms. The molecule has 0 amide bonds. The maximum Gasteiger partial charge on any atom is 0.335 e. The van der Waals surface area contributed by atoms with Crippen LogP contribution >= 0.6 is 0 Å². The van der Waals surface area contributed by atoms with Crippen LogP contribution < -0.4 is 4.74 Å². The maximum atomic E-state index is 11.1. The van der Waals surface area contributed by atoms with Gasteiger partial charge in [0, 0.05) is 0 Å². The van der Waals surface area contributed by atoms with Gasteiger partial charge in [0.2, 0.25) is 0 Å². The zero-order valence-corrected chi connectivity index (χ0v) is 12.6. The Morgan fingerprint density at radius 2 is 1.67 bits per heavy atom. The number of aryl methyl sites for hydroxylation is 2. The third-order valence-corrected chi connectivity index (χ3v) is 3.43. The summed E-state index contributed by atoms with van der Waals surface area (Å²) in [6.07, 6.45) is 0.983. The Hall–Kier alpha value is -2.29. The van der Waals surface area contributed by atoms with E-state index in [0.29, 0.717) is 12.2 Å². The highest BCUT2D eigenvalue weighted by Crippen LogP contribution is 2.27. The van der Waals surface area contributed by atoms with Crippen LogP contribution in [0.4, 0.5) is 0 Å². The standard InChI is InChI=1S/C18H20O3/c1-4-9-21-17-8-6-15(11-13(17)3)14-5-7-16(18(19)20)12(2)10-14/h5-8,10-11H,4,9H2,1-3H3,(H,19,20). The molecule has 0 atom stereocenters. The number of benzene rings is 2. The lowest BCUT2D eigenvalue weighted by Crippen LogP contribution is -1.99. The summed E-state index contributed by atoms with van der Waals surface area (Å²) in [7, 11) is 0. The lowest BCUT2D eigenvalue weighted by Gasteiger charge is -2.11. The van der Waals surface area contributed by atoms with Crippen molar-refractivity contribution in [1.82, 2.24) is 0 Å². The highest BCUT2D eigenvalue weighted by Gasteiger charge is 2.09.